The molecule has 0 radical (unpaired) electrons. The van der Waals surface area contributed by atoms with Crippen LogP contribution in [-0.2, 0) is 22.5 Å². The lowest BCUT2D eigenvalue weighted by Crippen LogP contribution is -2.20. The molecule has 0 fully saturated rings. The first-order chi connectivity index (χ1) is 13.1. The fraction of sp³-hybridized carbons (Fsp3) is 0.333. The second kappa shape index (κ2) is 8.97. The molecule has 0 aliphatic heterocycles. The summed E-state index contributed by atoms with van der Waals surface area (Å²) < 4.78 is 14.0. The number of carbonyl (C=O) groups excluding carboxylic acids is 1. The summed E-state index contributed by atoms with van der Waals surface area (Å²) in [7, 11) is 1.61. The summed E-state index contributed by atoms with van der Waals surface area (Å²) in [5.41, 5.74) is 3.02. The number of aromatic nitrogens is 1. The normalized spacial score (nSPS) is 11.9. The molecule has 1 amide bonds. The van der Waals surface area contributed by atoms with Gasteiger partial charge in [0.1, 0.15) is 5.75 Å². The first-order valence-electron chi connectivity index (χ1n) is 8.99. The van der Waals surface area contributed by atoms with Gasteiger partial charge in [0.25, 0.3) is 5.91 Å². The number of carbonyl (C=O) groups is 1. The van der Waals surface area contributed by atoms with Crippen molar-refractivity contribution in [2.45, 2.75) is 26.8 Å². The number of hydrogen-bond acceptors (Lipinski definition) is 4. The minimum Gasteiger partial charge on any atom is -0.496 e. The van der Waals surface area contributed by atoms with Crippen LogP contribution in [0.4, 0.5) is 0 Å². The van der Waals surface area contributed by atoms with Crippen LogP contribution in [0.25, 0.3) is 10.2 Å². The van der Waals surface area contributed by atoms with Gasteiger partial charge in [-0.05, 0) is 32.0 Å². The van der Waals surface area contributed by atoms with Gasteiger partial charge in [-0.25, -0.2) is 0 Å². The van der Waals surface area contributed by atoms with Crippen molar-refractivity contribution in [1.82, 2.24) is 4.57 Å². The van der Waals surface area contributed by atoms with Crippen molar-refractivity contribution < 1.29 is 14.3 Å². The van der Waals surface area contributed by atoms with E-state index in [1.165, 1.54) is 11.3 Å². The average molecular weight is 385 g/mol. The number of rotatable bonds is 7. The second-order valence-electron chi connectivity index (χ2n) is 6.20. The average Bonchev–Trinajstić information content (AvgIpc) is 2.99. The predicted octanol–water partition coefficient (Wildman–Crippen LogP) is 3.73. The van der Waals surface area contributed by atoms with E-state index in [9.17, 15) is 4.79 Å². The van der Waals surface area contributed by atoms with E-state index in [1.807, 2.05) is 56.3 Å². The first-order valence-corrected chi connectivity index (χ1v) is 9.81. The Hall–Kier alpha value is -2.44. The predicted molar refractivity (Wildman–Crippen MR) is 108 cm³/mol. The molecule has 0 unspecified atom stereocenters. The molecular formula is C21H24N2O3S. The first kappa shape index (κ1) is 19.3. The molecule has 0 aliphatic rings. The minimum atomic E-state index is -0.185. The lowest BCUT2D eigenvalue weighted by Gasteiger charge is -2.08. The maximum Gasteiger partial charge on any atom is 0.252 e. The highest BCUT2D eigenvalue weighted by Gasteiger charge is 2.11. The van der Waals surface area contributed by atoms with Gasteiger partial charge < -0.3 is 14.0 Å². The molecule has 0 bridgehead atoms. The number of hydrogen-bond donors (Lipinski definition) is 0. The van der Waals surface area contributed by atoms with E-state index >= 15 is 0 Å². The third-order valence-corrected chi connectivity index (χ3v) is 5.31. The highest BCUT2D eigenvalue weighted by atomic mass is 32.1. The maximum absolute atomic E-state index is 12.7. The molecule has 3 rings (SSSR count). The van der Waals surface area contributed by atoms with Crippen molar-refractivity contribution in [2.75, 3.05) is 20.3 Å². The number of para-hydroxylation sites is 1. The van der Waals surface area contributed by atoms with E-state index in [-0.39, 0.29) is 12.3 Å². The molecule has 1 aromatic heterocycles. The number of methoxy groups -OCH3 is 1. The van der Waals surface area contributed by atoms with Gasteiger partial charge in [-0.2, -0.15) is 4.99 Å². The molecule has 2 aromatic carbocycles. The van der Waals surface area contributed by atoms with E-state index in [2.05, 4.69) is 9.56 Å². The van der Waals surface area contributed by atoms with E-state index in [0.717, 1.165) is 21.3 Å². The quantitative estimate of drug-likeness (QED) is 0.583. The second-order valence-corrected chi connectivity index (χ2v) is 7.21. The molecule has 5 nitrogen and oxygen atoms in total. The molecule has 142 valence electrons. The molecule has 0 saturated heterocycles. The van der Waals surface area contributed by atoms with Gasteiger partial charge in [0.2, 0.25) is 0 Å². The number of fused-ring (bicyclic) bond motifs is 1. The molecule has 6 heteroatoms. The van der Waals surface area contributed by atoms with Crippen molar-refractivity contribution in [3.8, 4) is 5.75 Å². The zero-order valence-electron chi connectivity index (χ0n) is 15.9. The summed E-state index contributed by atoms with van der Waals surface area (Å²) in [6.45, 7) is 5.89. The standard InChI is InChI=1S/C21H24N2O3S/c1-4-26-12-11-23-17-7-5-6-8-19(17)27-21(23)22-20(24)14-16-13-15(2)9-10-18(16)25-3/h5-10,13H,4,11-12,14H2,1-3H3. The Kier molecular flexibility index (Phi) is 6.42. The molecule has 27 heavy (non-hydrogen) atoms. The maximum atomic E-state index is 12.7. The summed E-state index contributed by atoms with van der Waals surface area (Å²) in [6, 6.07) is 13.9. The Labute approximate surface area is 162 Å². The van der Waals surface area contributed by atoms with Crippen LogP contribution >= 0.6 is 11.3 Å². The minimum absolute atomic E-state index is 0.185. The third kappa shape index (κ3) is 4.64. The van der Waals surface area contributed by atoms with Gasteiger partial charge in [0.15, 0.2) is 4.80 Å². The van der Waals surface area contributed by atoms with Crippen molar-refractivity contribution in [3.63, 3.8) is 0 Å². The van der Waals surface area contributed by atoms with Gasteiger partial charge in [-0.1, -0.05) is 41.2 Å². The Morgan fingerprint density at radius 3 is 2.81 bits per heavy atom. The van der Waals surface area contributed by atoms with Crippen LogP contribution < -0.4 is 9.54 Å². The smallest absolute Gasteiger partial charge is 0.252 e. The topological polar surface area (TPSA) is 52.8 Å². The molecule has 0 spiro atoms. The highest BCUT2D eigenvalue weighted by molar-refractivity contribution is 7.16. The summed E-state index contributed by atoms with van der Waals surface area (Å²) >= 11 is 1.52. The van der Waals surface area contributed by atoms with Crippen molar-refractivity contribution in [3.05, 3.63) is 58.4 Å². The zero-order chi connectivity index (χ0) is 19.2. The lowest BCUT2D eigenvalue weighted by atomic mass is 10.1. The SMILES string of the molecule is CCOCCn1c(=NC(=O)Cc2cc(C)ccc2OC)sc2ccccc21. The van der Waals surface area contributed by atoms with Crippen LogP contribution in [0.5, 0.6) is 5.75 Å². The summed E-state index contributed by atoms with van der Waals surface area (Å²) in [5, 5.41) is 0. The van der Waals surface area contributed by atoms with Crippen molar-refractivity contribution >= 4 is 27.5 Å². The fourth-order valence-electron chi connectivity index (χ4n) is 2.98. The van der Waals surface area contributed by atoms with Crippen LogP contribution in [0.2, 0.25) is 0 Å². The number of amides is 1. The number of nitrogens with zero attached hydrogens (tertiary/aromatic N) is 2. The van der Waals surface area contributed by atoms with Crippen LogP contribution in [0, 0.1) is 6.92 Å². The molecular weight excluding hydrogens is 360 g/mol. The van der Waals surface area contributed by atoms with E-state index < -0.39 is 0 Å². The Morgan fingerprint density at radius 1 is 1.22 bits per heavy atom. The number of benzene rings is 2. The number of aryl methyl sites for hydroxylation is 1. The Morgan fingerprint density at radius 2 is 2.04 bits per heavy atom. The Bertz CT molecular complexity index is 1000. The molecule has 3 aromatic rings. The highest BCUT2D eigenvalue weighted by Crippen LogP contribution is 2.21. The van der Waals surface area contributed by atoms with Gasteiger partial charge >= 0.3 is 0 Å². The van der Waals surface area contributed by atoms with Gasteiger partial charge in [-0.15, -0.1) is 0 Å². The van der Waals surface area contributed by atoms with E-state index in [0.29, 0.717) is 30.3 Å². The van der Waals surface area contributed by atoms with Crippen LogP contribution in [0.15, 0.2) is 47.5 Å². The van der Waals surface area contributed by atoms with Crippen LogP contribution in [0.1, 0.15) is 18.1 Å². The Balaban J connectivity index is 1.94. The van der Waals surface area contributed by atoms with E-state index in [4.69, 9.17) is 9.47 Å². The summed E-state index contributed by atoms with van der Waals surface area (Å²) in [6.07, 6.45) is 0.213. The fourth-order valence-corrected chi connectivity index (χ4v) is 4.05. The third-order valence-electron chi connectivity index (χ3n) is 4.25. The molecule has 0 N–H and O–H groups in total. The van der Waals surface area contributed by atoms with Crippen LogP contribution in [0.3, 0.4) is 0 Å². The lowest BCUT2D eigenvalue weighted by molar-refractivity contribution is -0.117. The van der Waals surface area contributed by atoms with Gasteiger partial charge in [0, 0.05) is 18.7 Å². The molecule has 0 saturated carbocycles. The van der Waals surface area contributed by atoms with E-state index in [1.54, 1.807) is 7.11 Å². The summed E-state index contributed by atoms with van der Waals surface area (Å²) in [4.78, 5) is 17.8. The number of ether oxygens (including phenoxy) is 2. The molecule has 0 aliphatic carbocycles. The molecule has 1 heterocycles. The van der Waals surface area contributed by atoms with Crippen molar-refractivity contribution in [2.24, 2.45) is 4.99 Å². The van der Waals surface area contributed by atoms with Crippen molar-refractivity contribution in [1.29, 1.82) is 0 Å². The van der Waals surface area contributed by atoms with Gasteiger partial charge in [0.05, 0.1) is 30.4 Å². The zero-order valence-corrected chi connectivity index (χ0v) is 16.7. The number of thiazole rings is 1. The van der Waals surface area contributed by atoms with Gasteiger partial charge in [-0.3, -0.25) is 4.79 Å². The molecule has 0 atom stereocenters. The summed E-state index contributed by atoms with van der Waals surface area (Å²) in [5.74, 6) is 0.528. The monoisotopic (exact) mass is 384 g/mol. The largest absolute Gasteiger partial charge is 0.496 e. The van der Waals surface area contributed by atoms with Crippen LogP contribution in [-0.4, -0.2) is 30.8 Å².